The summed E-state index contributed by atoms with van der Waals surface area (Å²) in [5.41, 5.74) is 4.96. The molecule has 0 saturated carbocycles. The Balaban J connectivity index is 1.93. The van der Waals surface area contributed by atoms with Crippen molar-refractivity contribution in [2.45, 2.75) is 26.2 Å². The van der Waals surface area contributed by atoms with Crippen molar-refractivity contribution in [2.24, 2.45) is 0 Å². The number of non-ortho nitro benzene ring substituents is 1. The fourth-order valence-electron chi connectivity index (χ4n) is 3.46. The highest BCUT2D eigenvalue weighted by Gasteiger charge is 2.23. The van der Waals surface area contributed by atoms with Crippen molar-refractivity contribution in [3.05, 3.63) is 67.3 Å². The molecule has 0 spiro atoms. The zero-order chi connectivity index (χ0) is 19.0. The molecule has 7 heteroatoms. The van der Waals surface area contributed by atoms with Crippen molar-refractivity contribution in [2.75, 3.05) is 11.9 Å². The number of anilines is 1. The highest BCUT2D eigenvalue weighted by Crippen LogP contribution is 2.35. The van der Waals surface area contributed by atoms with Gasteiger partial charge in [0.2, 0.25) is 0 Å². The van der Waals surface area contributed by atoms with E-state index in [0.29, 0.717) is 0 Å². The summed E-state index contributed by atoms with van der Waals surface area (Å²) in [6, 6.07) is 13.2. The van der Waals surface area contributed by atoms with Crippen LogP contribution in [0.25, 0.3) is 16.9 Å². The van der Waals surface area contributed by atoms with Gasteiger partial charge in [-0.1, -0.05) is 18.2 Å². The largest absolute Gasteiger partial charge is 0.370 e. The number of rotatable bonds is 3. The maximum absolute atomic E-state index is 11.3. The second-order valence-electron chi connectivity index (χ2n) is 6.71. The molecule has 4 rings (SSSR count). The third kappa shape index (κ3) is 3.43. The Kier molecular flexibility index (Phi) is 4.86. The number of halogens is 1. The summed E-state index contributed by atoms with van der Waals surface area (Å²) in [7, 11) is 0. The third-order valence-electron chi connectivity index (χ3n) is 4.88. The van der Waals surface area contributed by atoms with Crippen molar-refractivity contribution in [1.29, 1.82) is 0 Å². The number of nitrogens with one attached hydrogen (secondary N) is 1. The number of nitrogens with zero attached hydrogens (tertiary/aromatic N) is 3. The molecule has 0 amide bonds. The van der Waals surface area contributed by atoms with Crippen LogP contribution >= 0.6 is 22.6 Å². The molecule has 2 aromatic carbocycles. The molecule has 1 aliphatic heterocycles. The Morgan fingerprint density at radius 2 is 1.96 bits per heavy atom. The summed E-state index contributed by atoms with van der Waals surface area (Å²) in [6.07, 6.45) is 3.13. The fourth-order valence-corrected chi connectivity index (χ4v) is 3.82. The molecule has 138 valence electrons. The number of benzene rings is 2. The van der Waals surface area contributed by atoms with Gasteiger partial charge in [-0.2, -0.15) is 5.10 Å². The summed E-state index contributed by atoms with van der Waals surface area (Å²) in [4.78, 5) is 10.9. The van der Waals surface area contributed by atoms with Crippen molar-refractivity contribution < 1.29 is 4.92 Å². The lowest BCUT2D eigenvalue weighted by Crippen LogP contribution is -2.08. The molecule has 1 N–H and O–H groups in total. The van der Waals surface area contributed by atoms with Gasteiger partial charge in [0.1, 0.15) is 5.82 Å². The summed E-state index contributed by atoms with van der Waals surface area (Å²) in [6.45, 7) is 2.83. The Morgan fingerprint density at radius 3 is 2.70 bits per heavy atom. The Labute approximate surface area is 170 Å². The minimum Gasteiger partial charge on any atom is -0.370 e. The lowest BCUT2D eigenvalue weighted by atomic mass is 10.0. The van der Waals surface area contributed by atoms with E-state index < -0.39 is 0 Å². The molecule has 0 bridgehead atoms. The van der Waals surface area contributed by atoms with Gasteiger partial charge >= 0.3 is 0 Å². The van der Waals surface area contributed by atoms with Gasteiger partial charge in [-0.3, -0.25) is 10.1 Å². The number of nitro groups is 1. The van der Waals surface area contributed by atoms with Crippen molar-refractivity contribution in [3.63, 3.8) is 0 Å². The SMILES string of the molecule is Cc1ccc([N+](=O)[O-])cc1-n1nc(-c2ccc(I)cc2)c2c1NCCCC2. The zero-order valence-corrected chi connectivity index (χ0v) is 17.1. The van der Waals surface area contributed by atoms with Gasteiger partial charge < -0.3 is 5.32 Å². The van der Waals surface area contributed by atoms with E-state index in [1.54, 1.807) is 12.1 Å². The molecule has 1 aliphatic rings. The molecular weight excluding hydrogens is 455 g/mol. The maximum Gasteiger partial charge on any atom is 0.271 e. The molecule has 27 heavy (non-hydrogen) atoms. The summed E-state index contributed by atoms with van der Waals surface area (Å²) >= 11 is 2.29. The number of aryl methyl sites for hydroxylation is 1. The van der Waals surface area contributed by atoms with Crippen LogP contribution in [0.4, 0.5) is 11.5 Å². The van der Waals surface area contributed by atoms with E-state index in [9.17, 15) is 10.1 Å². The van der Waals surface area contributed by atoms with Crippen LogP contribution in [0.5, 0.6) is 0 Å². The highest BCUT2D eigenvalue weighted by atomic mass is 127. The Bertz CT molecular complexity index is 1010. The zero-order valence-electron chi connectivity index (χ0n) is 14.9. The van der Waals surface area contributed by atoms with Crippen LogP contribution in [0.3, 0.4) is 0 Å². The molecule has 0 unspecified atom stereocenters. The second kappa shape index (κ2) is 7.30. The first kappa shape index (κ1) is 18.0. The minimum absolute atomic E-state index is 0.0734. The first-order valence-corrected chi connectivity index (χ1v) is 9.99. The molecule has 0 fully saturated rings. The molecule has 0 saturated heterocycles. The smallest absolute Gasteiger partial charge is 0.271 e. The van der Waals surface area contributed by atoms with E-state index in [-0.39, 0.29) is 10.6 Å². The van der Waals surface area contributed by atoms with Crippen molar-refractivity contribution in [1.82, 2.24) is 9.78 Å². The van der Waals surface area contributed by atoms with Crippen LogP contribution in [0.1, 0.15) is 24.0 Å². The van der Waals surface area contributed by atoms with Gasteiger partial charge in [-0.25, -0.2) is 4.68 Å². The van der Waals surface area contributed by atoms with Crippen LogP contribution < -0.4 is 5.32 Å². The lowest BCUT2D eigenvalue weighted by Gasteiger charge is -2.11. The van der Waals surface area contributed by atoms with E-state index in [1.165, 1.54) is 15.2 Å². The summed E-state index contributed by atoms with van der Waals surface area (Å²) in [5.74, 6) is 0.949. The first-order chi connectivity index (χ1) is 13.0. The Hall–Kier alpha value is -2.42. The monoisotopic (exact) mass is 474 g/mol. The van der Waals surface area contributed by atoms with Gasteiger partial charge in [-0.05, 0) is 66.5 Å². The van der Waals surface area contributed by atoms with Gasteiger partial charge in [0.15, 0.2) is 0 Å². The molecular formula is C20H19IN4O2. The van der Waals surface area contributed by atoms with Gasteiger partial charge in [0, 0.05) is 33.4 Å². The third-order valence-corrected chi connectivity index (χ3v) is 5.60. The normalized spacial score (nSPS) is 13.6. The predicted molar refractivity (Wildman–Crippen MR) is 115 cm³/mol. The molecule has 3 aromatic rings. The average molecular weight is 474 g/mol. The lowest BCUT2D eigenvalue weighted by molar-refractivity contribution is -0.384. The van der Waals surface area contributed by atoms with Crippen molar-refractivity contribution >= 4 is 34.1 Å². The predicted octanol–water partition coefficient (Wildman–Crippen LogP) is 5.11. The Morgan fingerprint density at radius 1 is 1.19 bits per heavy atom. The standard InChI is InChI=1S/C20H19IN4O2/c1-13-5-10-16(25(26)27)12-18(13)24-20-17(4-2-3-11-22-20)19(23-24)14-6-8-15(21)9-7-14/h5-10,12,22H,2-4,11H2,1H3. The molecule has 0 atom stereocenters. The maximum atomic E-state index is 11.3. The van der Waals surface area contributed by atoms with Crippen LogP contribution in [-0.2, 0) is 6.42 Å². The van der Waals surface area contributed by atoms with Crippen LogP contribution in [0, 0.1) is 20.6 Å². The molecule has 0 radical (unpaired) electrons. The number of nitro benzene ring substituents is 1. The second-order valence-corrected chi connectivity index (χ2v) is 7.95. The van der Waals surface area contributed by atoms with Gasteiger partial charge in [0.05, 0.1) is 16.3 Å². The highest BCUT2D eigenvalue weighted by molar-refractivity contribution is 14.1. The molecule has 1 aromatic heterocycles. The van der Waals surface area contributed by atoms with Gasteiger partial charge in [0.25, 0.3) is 5.69 Å². The van der Waals surface area contributed by atoms with Crippen molar-refractivity contribution in [3.8, 4) is 16.9 Å². The average Bonchev–Trinajstić information content (AvgIpc) is 2.84. The molecule has 6 nitrogen and oxygen atoms in total. The molecule has 0 aliphatic carbocycles. The van der Waals surface area contributed by atoms with E-state index in [4.69, 9.17) is 5.10 Å². The topological polar surface area (TPSA) is 73.0 Å². The summed E-state index contributed by atoms with van der Waals surface area (Å²) < 4.78 is 3.02. The van der Waals surface area contributed by atoms with Gasteiger partial charge in [-0.15, -0.1) is 0 Å². The summed E-state index contributed by atoms with van der Waals surface area (Å²) in [5, 5.41) is 19.7. The quantitative estimate of drug-likeness (QED) is 0.326. The van der Waals surface area contributed by atoms with Crippen LogP contribution in [0.2, 0.25) is 0 Å². The first-order valence-electron chi connectivity index (χ1n) is 8.92. The van der Waals surface area contributed by atoms with Crippen LogP contribution in [0.15, 0.2) is 42.5 Å². The van der Waals surface area contributed by atoms with E-state index in [1.807, 2.05) is 11.6 Å². The fraction of sp³-hybridized carbons (Fsp3) is 0.250. The number of hydrogen-bond acceptors (Lipinski definition) is 4. The van der Waals surface area contributed by atoms with E-state index in [2.05, 4.69) is 52.2 Å². The number of fused-ring (bicyclic) bond motifs is 1. The minimum atomic E-state index is -0.363. The number of hydrogen-bond donors (Lipinski definition) is 1. The number of aromatic nitrogens is 2. The van der Waals surface area contributed by atoms with E-state index >= 15 is 0 Å². The van der Waals surface area contributed by atoms with Crippen LogP contribution in [-0.4, -0.2) is 21.2 Å². The van der Waals surface area contributed by atoms with E-state index in [0.717, 1.165) is 54.1 Å². The molecule has 2 heterocycles.